The highest BCUT2D eigenvalue weighted by atomic mass is 19.4. The molecule has 4 nitrogen and oxygen atoms in total. The molecule has 0 radical (unpaired) electrons. The van der Waals surface area contributed by atoms with E-state index in [-0.39, 0.29) is 0 Å². The van der Waals surface area contributed by atoms with Crippen molar-refractivity contribution in [2.24, 2.45) is 0 Å². The largest absolute Gasteiger partial charge is 0.518 e. The molecule has 0 unspecified atom stereocenters. The second-order valence-electron chi connectivity index (χ2n) is 3.35. The Kier molecular flexibility index (Phi) is 4.80. The molecule has 0 atom stereocenters. The van der Waals surface area contributed by atoms with Crippen LogP contribution in [0.1, 0.15) is 9.99 Å². The van der Waals surface area contributed by atoms with E-state index in [4.69, 9.17) is 9.84 Å². The highest BCUT2D eigenvalue weighted by Gasteiger charge is 2.49. The predicted octanol–water partition coefficient (Wildman–Crippen LogP) is 2.98. The van der Waals surface area contributed by atoms with Gasteiger partial charge in [-0.3, -0.25) is 0 Å². The van der Waals surface area contributed by atoms with Crippen molar-refractivity contribution in [3.05, 3.63) is 41.5 Å². The van der Waals surface area contributed by atoms with Crippen LogP contribution in [-0.4, -0.2) is 31.8 Å². The number of methoxy groups -OCH3 is 2. The van der Waals surface area contributed by atoms with Crippen LogP contribution in [0.5, 0.6) is 5.75 Å². The van der Waals surface area contributed by atoms with Crippen LogP contribution in [0.2, 0.25) is 0 Å². The van der Waals surface area contributed by atoms with E-state index in [0.29, 0.717) is 11.3 Å². The third-order valence-electron chi connectivity index (χ3n) is 2.07. The average molecular weight is 277 g/mol. The lowest BCUT2D eigenvalue weighted by Gasteiger charge is -1.99. The molecule has 1 aromatic carbocycles. The number of halogens is 3. The summed E-state index contributed by atoms with van der Waals surface area (Å²) in [6, 6.07) is 6.11. The Balaban J connectivity index is 2.99. The molecule has 7 heteroatoms. The Bertz CT molecular complexity index is 475. The summed E-state index contributed by atoms with van der Waals surface area (Å²) in [6.07, 6.45) is -4.01. The second-order valence-corrected chi connectivity index (χ2v) is 3.35. The molecule has 104 valence electrons. The average Bonchev–Trinajstić information content (AvgIpc) is 2.37. The monoisotopic (exact) mass is 277 g/mol. The lowest BCUT2D eigenvalue weighted by molar-refractivity contribution is -0.292. The van der Waals surface area contributed by atoms with E-state index < -0.39 is 17.9 Å². The lowest BCUT2D eigenvalue weighted by atomic mass is 10.2. The number of allylic oxidation sites excluding steroid dienone is 1. The van der Waals surface area contributed by atoms with Crippen molar-refractivity contribution < 1.29 is 32.2 Å². The van der Waals surface area contributed by atoms with Crippen LogP contribution in [0, 0.1) is 0 Å². The van der Waals surface area contributed by atoms with E-state index in [9.17, 15) is 13.2 Å². The van der Waals surface area contributed by atoms with Crippen LogP contribution < -0.4 is 4.74 Å². The van der Waals surface area contributed by atoms with Gasteiger partial charge in [0.25, 0.3) is 0 Å². The molecule has 0 aliphatic rings. The van der Waals surface area contributed by atoms with Crippen molar-refractivity contribution in [1.29, 1.82) is 0 Å². The first-order valence-electron chi connectivity index (χ1n) is 5.07. The van der Waals surface area contributed by atoms with Crippen molar-refractivity contribution in [3.63, 3.8) is 0 Å². The van der Waals surface area contributed by atoms with Crippen LogP contribution in [0.25, 0.3) is 0 Å². The van der Waals surface area contributed by atoms with Gasteiger partial charge in [-0.05, 0) is 24.3 Å². The molecule has 0 fully saturated rings. The number of benzene rings is 1. The first-order valence-corrected chi connectivity index (χ1v) is 5.07. The van der Waals surface area contributed by atoms with E-state index >= 15 is 0 Å². The van der Waals surface area contributed by atoms with Crippen molar-refractivity contribution in [3.8, 4) is 5.75 Å². The molecule has 1 rings (SSSR count). The van der Waals surface area contributed by atoms with Gasteiger partial charge >= 0.3 is 24.2 Å². The van der Waals surface area contributed by atoms with Gasteiger partial charge in [-0.2, -0.15) is 13.2 Å². The van der Waals surface area contributed by atoms with Gasteiger partial charge < -0.3 is 14.6 Å². The van der Waals surface area contributed by atoms with Crippen LogP contribution in [0.4, 0.5) is 13.2 Å². The number of aliphatic hydroxyl groups excluding tert-OH is 1. The third kappa shape index (κ3) is 4.20. The summed E-state index contributed by atoms with van der Waals surface area (Å²) >= 11 is 0. The number of aldehydes is 1. The molecular formula is C12H12F3O4+. The number of alkyl halides is 3. The van der Waals surface area contributed by atoms with Gasteiger partial charge in [-0.25, -0.2) is 4.42 Å². The Hall–Kier alpha value is -2.18. The minimum Gasteiger partial charge on any atom is -0.497 e. The first kappa shape index (κ1) is 14.9. The molecule has 0 aliphatic carbocycles. The number of rotatable bonds is 4. The van der Waals surface area contributed by atoms with Crippen LogP contribution in [0.15, 0.2) is 36.0 Å². The molecular weight excluding hydrogens is 265 g/mol. The summed E-state index contributed by atoms with van der Waals surface area (Å²) in [7, 11) is 2.37. The van der Waals surface area contributed by atoms with Gasteiger partial charge in [0.2, 0.25) is 0 Å². The highest BCUT2D eigenvalue weighted by Crippen LogP contribution is 2.28. The highest BCUT2D eigenvalue weighted by molar-refractivity contribution is 5.75. The van der Waals surface area contributed by atoms with Crippen molar-refractivity contribution >= 4 is 6.29 Å². The number of ether oxygens (including phenoxy) is 2. The molecule has 19 heavy (non-hydrogen) atoms. The summed E-state index contributed by atoms with van der Waals surface area (Å²) in [4.78, 5) is 0. The SMILES string of the molecule is CO/C(O)=C(/[O+]=Cc1ccc(OC)cc1)C(F)(F)F. The van der Waals surface area contributed by atoms with Crippen molar-refractivity contribution in [1.82, 2.24) is 0 Å². The summed E-state index contributed by atoms with van der Waals surface area (Å²) < 4.78 is 51.0. The second kappa shape index (κ2) is 6.12. The van der Waals surface area contributed by atoms with E-state index in [1.807, 2.05) is 0 Å². The molecule has 1 aromatic rings. The topological polar surface area (TPSA) is 50.0 Å². The van der Waals surface area contributed by atoms with Gasteiger partial charge in [-0.1, -0.05) is 0 Å². The molecule has 0 amide bonds. The Morgan fingerprint density at radius 2 is 1.79 bits per heavy atom. The van der Waals surface area contributed by atoms with Crippen molar-refractivity contribution in [2.45, 2.75) is 6.18 Å². The van der Waals surface area contributed by atoms with Gasteiger partial charge in [0.15, 0.2) is 0 Å². The predicted molar refractivity (Wildman–Crippen MR) is 61.1 cm³/mol. The van der Waals surface area contributed by atoms with Crippen LogP contribution in [0.3, 0.4) is 0 Å². The summed E-state index contributed by atoms with van der Waals surface area (Å²) in [6.45, 7) is 0. The minimum atomic E-state index is -4.86. The Morgan fingerprint density at radius 3 is 2.21 bits per heavy atom. The minimum absolute atomic E-state index is 0.367. The number of carbonyl (C=O) groups excluding carboxylic acids is 1. The van der Waals surface area contributed by atoms with Gasteiger partial charge in [-0.15, -0.1) is 0 Å². The molecule has 0 aromatic heterocycles. The maximum absolute atomic E-state index is 12.5. The zero-order valence-electron chi connectivity index (χ0n) is 10.2. The Labute approximate surface area is 107 Å². The normalized spacial score (nSPS) is 13.3. The lowest BCUT2D eigenvalue weighted by Crippen LogP contribution is -2.14. The van der Waals surface area contributed by atoms with Gasteiger partial charge in [0, 0.05) is 0 Å². The zero-order valence-corrected chi connectivity index (χ0v) is 10.2. The molecule has 0 saturated carbocycles. The Morgan fingerprint density at radius 1 is 1.21 bits per heavy atom. The fraction of sp³-hybridized carbons (Fsp3) is 0.250. The number of hydrogen-bond acceptors (Lipinski definition) is 3. The maximum Gasteiger partial charge on any atom is 0.518 e. The smallest absolute Gasteiger partial charge is 0.497 e. The third-order valence-corrected chi connectivity index (χ3v) is 2.07. The maximum atomic E-state index is 12.5. The summed E-state index contributed by atoms with van der Waals surface area (Å²) in [5.74, 6) is -2.40. The fourth-order valence-electron chi connectivity index (χ4n) is 1.14. The quantitative estimate of drug-likeness (QED) is 0.523. The standard InChI is InChI=1S/C12H11F3O4/c1-17-9-5-3-8(4-6-9)7-19-10(11(16)18-2)12(13,14)15/h3-7H,1-2H3/p+1/b11-10+. The fourth-order valence-corrected chi connectivity index (χ4v) is 1.14. The van der Waals surface area contributed by atoms with Crippen molar-refractivity contribution in [2.75, 3.05) is 14.2 Å². The molecule has 0 spiro atoms. The summed E-state index contributed by atoms with van der Waals surface area (Å²) in [5.41, 5.74) is 0.367. The van der Waals surface area contributed by atoms with E-state index in [1.165, 1.54) is 19.2 Å². The molecule has 0 aliphatic heterocycles. The van der Waals surface area contributed by atoms with Crippen LogP contribution >= 0.6 is 0 Å². The van der Waals surface area contributed by atoms with E-state index in [2.05, 4.69) is 9.16 Å². The van der Waals surface area contributed by atoms with Gasteiger partial charge in [0.1, 0.15) is 5.75 Å². The number of hydrogen-bond donors (Lipinski definition) is 1. The zero-order chi connectivity index (χ0) is 14.5. The molecule has 1 N–H and O–H groups in total. The number of aliphatic hydroxyl groups is 1. The van der Waals surface area contributed by atoms with E-state index in [1.54, 1.807) is 12.1 Å². The summed E-state index contributed by atoms with van der Waals surface area (Å²) in [5, 5.41) is 8.99. The van der Waals surface area contributed by atoms with Crippen LogP contribution in [-0.2, 0) is 4.74 Å². The van der Waals surface area contributed by atoms with E-state index in [0.717, 1.165) is 13.4 Å². The molecule has 0 saturated heterocycles. The molecule has 0 bridgehead atoms. The first-order chi connectivity index (χ1) is 8.88. The molecule has 0 heterocycles. The van der Waals surface area contributed by atoms with Gasteiger partial charge in [0.05, 0.1) is 19.8 Å².